The van der Waals surface area contributed by atoms with Crippen LogP contribution in [0.25, 0.3) is 0 Å². The van der Waals surface area contributed by atoms with Gasteiger partial charge >= 0.3 is 11.8 Å². The number of benzene rings is 1. The SMILES string of the molecule is CCC(NC(=O)C(=O)NN)c1ccccc1. The maximum atomic E-state index is 11.3. The molecular formula is C11H15N3O2. The van der Waals surface area contributed by atoms with Crippen LogP contribution in [0.4, 0.5) is 0 Å². The molecule has 0 aliphatic carbocycles. The van der Waals surface area contributed by atoms with E-state index in [0.29, 0.717) is 6.42 Å². The summed E-state index contributed by atoms with van der Waals surface area (Å²) in [4.78, 5) is 22.3. The fraction of sp³-hybridized carbons (Fsp3) is 0.273. The third kappa shape index (κ3) is 3.06. The Morgan fingerprint density at radius 3 is 2.38 bits per heavy atom. The number of amides is 2. The summed E-state index contributed by atoms with van der Waals surface area (Å²) in [6.07, 6.45) is 0.702. The van der Waals surface area contributed by atoms with Gasteiger partial charge in [0.05, 0.1) is 6.04 Å². The molecule has 0 aliphatic heterocycles. The van der Waals surface area contributed by atoms with Crippen molar-refractivity contribution in [3.63, 3.8) is 0 Å². The van der Waals surface area contributed by atoms with Crippen LogP contribution in [0.3, 0.4) is 0 Å². The van der Waals surface area contributed by atoms with Crippen LogP contribution in [0.15, 0.2) is 30.3 Å². The van der Waals surface area contributed by atoms with Crippen LogP contribution >= 0.6 is 0 Å². The van der Waals surface area contributed by atoms with Gasteiger partial charge in [-0.2, -0.15) is 0 Å². The monoisotopic (exact) mass is 221 g/mol. The number of hydrogen-bond donors (Lipinski definition) is 3. The summed E-state index contributed by atoms with van der Waals surface area (Å²) >= 11 is 0. The van der Waals surface area contributed by atoms with Crippen molar-refractivity contribution in [1.82, 2.24) is 10.7 Å². The molecule has 1 aromatic rings. The van der Waals surface area contributed by atoms with Crippen molar-refractivity contribution >= 4 is 11.8 Å². The van der Waals surface area contributed by atoms with Gasteiger partial charge in [-0.1, -0.05) is 37.3 Å². The van der Waals surface area contributed by atoms with E-state index in [2.05, 4.69) is 5.32 Å². The topological polar surface area (TPSA) is 84.2 Å². The minimum absolute atomic E-state index is 0.175. The molecule has 4 N–H and O–H groups in total. The highest BCUT2D eigenvalue weighted by Crippen LogP contribution is 2.15. The van der Waals surface area contributed by atoms with Crippen molar-refractivity contribution in [1.29, 1.82) is 0 Å². The lowest BCUT2D eigenvalue weighted by Crippen LogP contribution is -2.44. The van der Waals surface area contributed by atoms with E-state index in [1.54, 1.807) is 5.43 Å². The molecule has 0 aliphatic rings. The zero-order valence-electron chi connectivity index (χ0n) is 9.07. The summed E-state index contributed by atoms with van der Waals surface area (Å²) in [7, 11) is 0. The zero-order chi connectivity index (χ0) is 12.0. The van der Waals surface area contributed by atoms with Crippen molar-refractivity contribution < 1.29 is 9.59 Å². The minimum atomic E-state index is -0.839. The third-order valence-electron chi connectivity index (χ3n) is 2.25. The van der Waals surface area contributed by atoms with Gasteiger partial charge in [-0.3, -0.25) is 15.0 Å². The van der Waals surface area contributed by atoms with Gasteiger partial charge in [-0.15, -0.1) is 0 Å². The van der Waals surface area contributed by atoms with E-state index in [0.717, 1.165) is 5.56 Å². The minimum Gasteiger partial charge on any atom is -0.341 e. The molecule has 2 amide bonds. The normalized spacial score (nSPS) is 11.6. The molecular weight excluding hydrogens is 206 g/mol. The lowest BCUT2D eigenvalue weighted by Gasteiger charge is -2.16. The highest BCUT2D eigenvalue weighted by molar-refractivity contribution is 6.34. The van der Waals surface area contributed by atoms with Crippen molar-refractivity contribution in [3.05, 3.63) is 35.9 Å². The largest absolute Gasteiger partial charge is 0.341 e. The Kier molecular flexibility index (Phi) is 4.47. The van der Waals surface area contributed by atoms with E-state index < -0.39 is 11.8 Å². The van der Waals surface area contributed by atoms with E-state index >= 15 is 0 Å². The van der Waals surface area contributed by atoms with E-state index in [-0.39, 0.29) is 6.04 Å². The average molecular weight is 221 g/mol. The van der Waals surface area contributed by atoms with Crippen LogP contribution in [-0.2, 0) is 9.59 Å². The Balaban J connectivity index is 2.70. The molecule has 1 rings (SSSR count). The second-order valence-electron chi connectivity index (χ2n) is 3.32. The molecule has 1 atom stereocenters. The number of carbonyl (C=O) groups excluding carboxylic acids is 2. The van der Waals surface area contributed by atoms with Crippen molar-refractivity contribution in [2.75, 3.05) is 0 Å². The molecule has 0 saturated heterocycles. The van der Waals surface area contributed by atoms with Crippen LogP contribution in [0, 0.1) is 0 Å². The highest BCUT2D eigenvalue weighted by Gasteiger charge is 2.17. The second kappa shape index (κ2) is 5.87. The van der Waals surface area contributed by atoms with Crippen molar-refractivity contribution in [2.45, 2.75) is 19.4 Å². The van der Waals surface area contributed by atoms with Gasteiger partial charge in [0.25, 0.3) is 0 Å². The zero-order valence-corrected chi connectivity index (χ0v) is 9.07. The predicted octanol–water partition coefficient (Wildman–Crippen LogP) is 0.244. The molecule has 5 nitrogen and oxygen atoms in total. The second-order valence-corrected chi connectivity index (χ2v) is 3.32. The summed E-state index contributed by atoms with van der Waals surface area (Å²) in [5.41, 5.74) is 2.76. The lowest BCUT2D eigenvalue weighted by atomic mass is 10.0. The molecule has 1 aromatic carbocycles. The average Bonchev–Trinajstić information content (AvgIpc) is 2.35. The van der Waals surface area contributed by atoms with Gasteiger partial charge in [0.2, 0.25) is 0 Å². The molecule has 0 radical (unpaired) electrons. The smallest absolute Gasteiger partial charge is 0.323 e. The van der Waals surface area contributed by atoms with Gasteiger partial charge in [0.1, 0.15) is 0 Å². The number of rotatable bonds is 3. The molecule has 0 spiro atoms. The van der Waals surface area contributed by atoms with Gasteiger partial charge < -0.3 is 5.32 Å². The number of hydrogen-bond acceptors (Lipinski definition) is 3. The number of nitrogens with two attached hydrogens (primary N) is 1. The van der Waals surface area contributed by atoms with Crippen molar-refractivity contribution in [2.24, 2.45) is 5.84 Å². The van der Waals surface area contributed by atoms with Crippen molar-refractivity contribution in [3.8, 4) is 0 Å². The Hall–Kier alpha value is -1.88. The molecule has 5 heteroatoms. The molecule has 0 bridgehead atoms. The maximum Gasteiger partial charge on any atom is 0.323 e. The van der Waals surface area contributed by atoms with Gasteiger partial charge in [-0.25, -0.2) is 5.84 Å². The fourth-order valence-electron chi connectivity index (χ4n) is 1.40. The number of carbonyl (C=O) groups is 2. The van der Waals surface area contributed by atoms with Gasteiger partial charge in [0.15, 0.2) is 0 Å². The highest BCUT2D eigenvalue weighted by atomic mass is 16.2. The first kappa shape index (κ1) is 12.2. The molecule has 86 valence electrons. The Bertz CT molecular complexity index is 365. The van der Waals surface area contributed by atoms with Gasteiger partial charge in [-0.05, 0) is 12.0 Å². The summed E-state index contributed by atoms with van der Waals surface area (Å²) in [6.45, 7) is 1.93. The van der Waals surface area contributed by atoms with E-state index in [1.807, 2.05) is 37.3 Å². The molecule has 1 unspecified atom stereocenters. The van der Waals surface area contributed by atoms with Crippen LogP contribution in [0.1, 0.15) is 24.9 Å². The molecule has 0 saturated carbocycles. The number of nitrogens with one attached hydrogen (secondary N) is 2. The van der Waals surface area contributed by atoms with E-state index in [9.17, 15) is 9.59 Å². The Morgan fingerprint density at radius 2 is 1.88 bits per heavy atom. The Morgan fingerprint density at radius 1 is 1.25 bits per heavy atom. The first-order valence-electron chi connectivity index (χ1n) is 5.05. The van der Waals surface area contributed by atoms with Crippen LogP contribution in [0.2, 0.25) is 0 Å². The summed E-state index contributed by atoms with van der Waals surface area (Å²) in [5, 5.41) is 2.60. The molecule has 16 heavy (non-hydrogen) atoms. The molecule has 0 fully saturated rings. The number of hydrazine groups is 1. The van der Waals surface area contributed by atoms with E-state index in [1.165, 1.54) is 0 Å². The summed E-state index contributed by atoms with van der Waals surface area (Å²) in [5.74, 6) is 3.31. The lowest BCUT2D eigenvalue weighted by molar-refractivity contribution is -0.139. The standard InChI is InChI=1S/C11H15N3O2/c1-2-9(8-6-4-3-5-7-8)13-10(15)11(16)14-12/h3-7,9H,2,12H2,1H3,(H,13,15)(H,14,16). The first-order chi connectivity index (χ1) is 7.69. The molecule has 0 heterocycles. The fourth-order valence-corrected chi connectivity index (χ4v) is 1.40. The first-order valence-corrected chi connectivity index (χ1v) is 5.05. The van der Waals surface area contributed by atoms with Crippen LogP contribution in [-0.4, -0.2) is 11.8 Å². The van der Waals surface area contributed by atoms with E-state index in [4.69, 9.17) is 5.84 Å². The quantitative estimate of drug-likeness (QED) is 0.296. The van der Waals surface area contributed by atoms with Crippen LogP contribution in [0.5, 0.6) is 0 Å². The predicted molar refractivity (Wildman–Crippen MR) is 59.9 cm³/mol. The maximum absolute atomic E-state index is 11.3. The summed E-state index contributed by atoms with van der Waals surface area (Å²) in [6, 6.07) is 9.28. The molecule has 0 aromatic heterocycles. The third-order valence-corrected chi connectivity index (χ3v) is 2.25. The Labute approximate surface area is 94.0 Å². The van der Waals surface area contributed by atoms with Crippen LogP contribution < -0.4 is 16.6 Å². The summed E-state index contributed by atoms with van der Waals surface area (Å²) < 4.78 is 0. The van der Waals surface area contributed by atoms with Gasteiger partial charge in [0, 0.05) is 0 Å².